The van der Waals surface area contributed by atoms with Gasteiger partial charge in [0.2, 0.25) is 12.3 Å². The number of aromatic nitrogens is 1. The van der Waals surface area contributed by atoms with Gasteiger partial charge in [-0.05, 0) is 30.8 Å². The van der Waals surface area contributed by atoms with Crippen molar-refractivity contribution in [3.05, 3.63) is 59.2 Å². The Bertz CT molecular complexity index is 981. The summed E-state index contributed by atoms with van der Waals surface area (Å²) in [5.74, 6) is -0.116. The number of carbonyl (C=O) groups is 2. The molecule has 2 heterocycles. The third-order valence-electron chi connectivity index (χ3n) is 5.15. The Morgan fingerprint density at radius 1 is 1.41 bits per heavy atom. The Morgan fingerprint density at radius 3 is 2.81 bits per heavy atom. The number of benzene rings is 1. The highest BCUT2D eigenvalue weighted by atomic mass is 19.1. The molecule has 0 fully saturated rings. The van der Waals surface area contributed by atoms with E-state index in [-0.39, 0.29) is 24.4 Å². The number of aliphatic hydroxyl groups excluding tert-OH is 1. The standard InChI is InChI=1S/C23H27FN4O4/c1-25-21(31)8-7-20-22-23(17(12-26-20)11-16-3-5-18(24)6-4-16)32-19(14-28(22)15-30)13-27(2)9-10-29/h3-8,12,15,19,29H,9-11,13-14H2,1-2H3,(H,25,31)/b8-7+/t19-/m1/s1. The van der Waals surface area contributed by atoms with Crippen LogP contribution in [0.25, 0.3) is 6.08 Å². The first-order chi connectivity index (χ1) is 15.4. The fourth-order valence-electron chi connectivity index (χ4n) is 3.57. The lowest BCUT2D eigenvalue weighted by molar-refractivity contribution is -0.116. The van der Waals surface area contributed by atoms with Gasteiger partial charge in [0.25, 0.3) is 0 Å². The van der Waals surface area contributed by atoms with Gasteiger partial charge in [-0.3, -0.25) is 14.6 Å². The van der Waals surface area contributed by atoms with Gasteiger partial charge in [0, 0.05) is 44.4 Å². The van der Waals surface area contributed by atoms with Crippen LogP contribution in [0.4, 0.5) is 10.1 Å². The van der Waals surface area contributed by atoms with Crippen LogP contribution in [0.15, 0.2) is 36.5 Å². The van der Waals surface area contributed by atoms with Gasteiger partial charge in [-0.1, -0.05) is 12.1 Å². The molecule has 1 atom stereocenters. The summed E-state index contributed by atoms with van der Waals surface area (Å²) in [4.78, 5) is 31.6. The van der Waals surface area contributed by atoms with Crippen LogP contribution in [0.2, 0.25) is 0 Å². The number of nitrogens with zero attached hydrogens (tertiary/aromatic N) is 3. The minimum absolute atomic E-state index is 0.0192. The second kappa shape index (κ2) is 10.8. The third kappa shape index (κ3) is 5.68. The van der Waals surface area contributed by atoms with Gasteiger partial charge in [-0.2, -0.15) is 0 Å². The maximum absolute atomic E-state index is 13.3. The van der Waals surface area contributed by atoms with Crippen LogP contribution in [0.1, 0.15) is 16.8 Å². The van der Waals surface area contributed by atoms with E-state index in [0.29, 0.717) is 43.2 Å². The molecule has 0 spiro atoms. The number of fused-ring (bicyclic) bond motifs is 1. The van der Waals surface area contributed by atoms with Crippen molar-refractivity contribution in [2.45, 2.75) is 12.5 Å². The molecule has 0 radical (unpaired) electrons. The van der Waals surface area contributed by atoms with E-state index in [1.54, 1.807) is 18.3 Å². The minimum Gasteiger partial charge on any atom is -0.485 e. The van der Waals surface area contributed by atoms with E-state index in [2.05, 4.69) is 10.3 Å². The highest BCUT2D eigenvalue weighted by Crippen LogP contribution is 2.39. The van der Waals surface area contributed by atoms with Crippen molar-refractivity contribution in [3.63, 3.8) is 0 Å². The highest BCUT2D eigenvalue weighted by Gasteiger charge is 2.31. The molecule has 32 heavy (non-hydrogen) atoms. The van der Waals surface area contributed by atoms with Crippen molar-refractivity contribution in [1.82, 2.24) is 15.2 Å². The average molecular weight is 442 g/mol. The lowest BCUT2D eigenvalue weighted by Gasteiger charge is -2.36. The van der Waals surface area contributed by atoms with E-state index in [4.69, 9.17) is 4.74 Å². The summed E-state index contributed by atoms with van der Waals surface area (Å²) in [5.41, 5.74) is 2.52. The third-order valence-corrected chi connectivity index (χ3v) is 5.15. The summed E-state index contributed by atoms with van der Waals surface area (Å²) >= 11 is 0. The maximum atomic E-state index is 13.3. The molecular weight excluding hydrogens is 415 g/mol. The Kier molecular flexibility index (Phi) is 7.91. The second-order valence-corrected chi connectivity index (χ2v) is 7.58. The Balaban J connectivity index is 2.01. The van der Waals surface area contributed by atoms with Crippen molar-refractivity contribution < 1.29 is 23.8 Å². The number of hydrogen-bond donors (Lipinski definition) is 2. The van der Waals surface area contributed by atoms with Crippen LogP contribution in [-0.4, -0.2) is 73.7 Å². The number of ether oxygens (including phenoxy) is 1. The molecule has 0 bridgehead atoms. The number of anilines is 1. The van der Waals surface area contributed by atoms with Gasteiger partial charge in [0.15, 0.2) is 5.75 Å². The zero-order valence-electron chi connectivity index (χ0n) is 18.1. The quantitative estimate of drug-likeness (QED) is 0.448. The van der Waals surface area contributed by atoms with Crippen LogP contribution in [0.5, 0.6) is 5.75 Å². The van der Waals surface area contributed by atoms with E-state index in [0.717, 1.165) is 17.5 Å². The maximum Gasteiger partial charge on any atom is 0.243 e. The van der Waals surface area contributed by atoms with Gasteiger partial charge in [-0.25, -0.2) is 4.39 Å². The number of rotatable bonds is 9. The van der Waals surface area contributed by atoms with E-state index in [9.17, 15) is 19.1 Å². The van der Waals surface area contributed by atoms with Crippen molar-refractivity contribution in [2.75, 3.05) is 45.2 Å². The number of hydrogen-bond acceptors (Lipinski definition) is 6. The number of nitrogens with one attached hydrogen (secondary N) is 1. The van der Waals surface area contributed by atoms with Gasteiger partial charge in [0.1, 0.15) is 17.6 Å². The van der Waals surface area contributed by atoms with Gasteiger partial charge < -0.3 is 25.0 Å². The molecule has 1 aliphatic heterocycles. The Morgan fingerprint density at radius 2 is 2.16 bits per heavy atom. The van der Waals surface area contributed by atoms with Crippen LogP contribution in [0.3, 0.4) is 0 Å². The van der Waals surface area contributed by atoms with Crippen LogP contribution in [0, 0.1) is 5.82 Å². The summed E-state index contributed by atoms with van der Waals surface area (Å²) in [6.07, 6.45) is 5.36. The predicted molar refractivity (Wildman–Crippen MR) is 119 cm³/mol. The molecule has 0 saturated carbocycles. The summed E-state index contributed by atoms with van der Waals surface area (Å²) in [5, 5.41) is 11.7. The molecule has 3 rings (SSSR count). The van der Waals surface area contributed by atoms with Crippen molar-refractivity contribution in [2.24, 2.45) is 0 Å². The number of halogens is 1. The number of likely N-dealkylation sites (N-methyl/N-ethyl adjacent to an activating group) is 2. The molecule has 1 aromatic carbocycles. The first-order valence-electron chi connectivity index (χ1n) is 10.3. The Hall–Kier alpha value is -3.30. The molecule has 0 unspecified atom stereocenters. The summed E-state index contributed by atoms with van der Waals surface area (Å²) < 4.78 is 19.6. The second-order valence-electron chi connectivity index (χ2n) is 7.58. The molecule has 9 heteroatoms. The van der Waals surface area contributed by atoms with Crippen LogP contribution >= 0.6 is 0 Å². The lowest BCUT2D eigenvalue weighted by atomic mass is 10.0. The molecule has 1 aliphatic rings. The lowest BCUT2D eigenvalue weighted by Crippen LogP contribution is -2.46. The normalized spacial score (nSPS) is 15.5. The van der Waals surface area contributed by atoms with Gasteiger partial charge >= 0.3 is 0 Å². The topological polar surface area (TPSA) is 95.0 Å². The van der Waals surface area contributed by atoms with Crippen molar-refractivity contribution in [1.29, 1.82) is 0 Å². The van der Waals surface area contributed by atoms with E-state index >= 15 is 0 Å². The van der Waals surface area contributed by atoms with E-state index in [1.807, 2.05) is 11.9 Å². The van der Waals surface area contributed by atoms with Crippen LogP contribution in [-0.2, 0) is 16.0 Å². The highest BCUT2D eigenvalue weighted by molar-refractivity contribution is 5.94. The van der Waals surface area contributed by atoms with Gasteiger partial charge in [-0.15, -0.1) is 0 Å². The summed E-state index contributed by atoms with van der Waals surface area (Å²) in [7, 11) is 3.39. The molecule has 2 amide bonds. The van der Waals surface area contributed by atoms with Gasteiger partial charge in [0.05, 0.1) is 18.8 Å². The zero-order chi connectivity index (χ0) is 23.1. The first kappa shape index (κ1) is 23.4. The smallest absolute Gasteiger partial charge is 0.243 e. The number of pyridine rings is 1. The van der Waals surface area contributed by atoms with Crippen molar-refractivity contribution >= 4 is 24.1 Å². The molecule has 1 aromatic heterocycles. The number of amides is 2. The molecule has 2 aromatic rings. The van der Waals surface area contributed by atoms with Crippen molar-refractivity contribution in [3.8, 4) is 5.75 Å². The van der Waals surface area contributed by atoms with E-state index < -0.39 is 0 Å². The number of aliphatic hydroxyl groups is 1. The molecule has 170 valence electrons. The minimum atomic E-state index is -0.325. The van der Waals surface area contributed by atoms with E-state index in [1.165, 1.54) is 36.2 Å². The molecular formula is C23H27FN4O4. The fraction of sp³-hybridized carbons (Fsp3) is 0.348. The molecule has 0 aliphatic carbocycles. The first-order valence-corrected chi connectivity index (χ1v) is 10.3. The predicted octanol–water partition coefficient (Wildman–Crippen LogP) is 1.22. The molecule has 8 nitrogen and oxygen atoms in total. The average Bonchev–Trinajstić information content (AvgIpc) is 2.79. The zero-order valence-corrected chi connectivity index (χ0v) is 18.1. The van der Waals surface area contributed by atoms with Crippen LogP contribution < -0.4 is 15.0 Å². The largest absolute Gasteiger partial charge is 0.485 e. The molecule has 0 saturated heterocycles. The SMILES string of the molecule is CNC(=O)/C=C/c1ncc(Cc2ccc(F)cc2)c2c1N(C=O)C[C@@H](CN(C)CCO)O2. The molecule has 2 N–H and O–H groups in total. The monoisotopic (exact) mass is 442 g/mol. The number of carbonyl (C=O) groups excluding carboxylic acids is 2. The Labute approximate surface area is 186 Å². The summed E-state index contributed by atoms with van der Waals surface area (Å²) in [6.45, 7) is 1.30. The summed E-state index contributed by atoms with van der Waals surface area (Å²) in [6, 6.07) is 6.16. The fourth-order valence-corrected chi connectivity index (χ4v) is 3.57.